The van der Waals surface area contributed by atoms with Gasteiger partial charge in [-0.3, -0.25) is 4.90 Å². The molecule has 106 valence electrons. The number of nitrogens with zero attached hydrogens (tertiary/aromatic N) is 2. The van der Waals surface area contributed by atoms with Gasteiger partial charge < -0.3 is 9.64 Å². The van der Waals surface area contributed by atoms with Crippen molar-refractivity contribution >= 4 is 11.3 Å². The lowest BCUT2D eigenvalue weighted by atomic mass is 9.84. The van der Waals surface area contributed by atoms with Gasteiger partial charge in [0.25, 0.3) is 0 Å². The average Bonchev–Trinajstić information content (AvgIpc) is 2.99. The van der Waals surface area contributed by atoms with Crippen LogP contribution in [0.5, 0.6) is 0 Å². The molecule has 0 bridgehead atoms. The van der Waals surface area contributed by atoms with E-state index in [4.69, 9.17) is 4.74 Å². The number of rotatable bonds is 4. The number of piperidine rings is 1. The molecule has 4 heteroatoms. The maximum absolute atomic E-state index is 6.03. The molecule has 3 rings (SSSR count). The van der Waals surface area contributed by atoms with Crippen molar-refractivity contribution in [3.63, 3.8) is 0 Å². The fraction of sp³-hybridized carbons (Fsp3) is 0.733. The molecular formula is C15H24N2OS. The van der Waals surface area contributed by atoms with Gasteiger partial charge in [0.05, 0.1) is 12.7 Å². The van der Waals surface area contributed by atoms with E-state index in [0.717, 1.165) is 31.5 Å². The number of ether oxygens (including phenoxy) is 1. The zero-order valence-electron chi connectivity index (χ0n) is 11.9. The summed E-state index contributed by atoms with van der Waals surface area (Å²) in [5, 5.41) is 4.44. The normalized spacial score (nSPS) is 31.8. The molecule has 3 heterocycles. The Balaban J connectivity index is 1.55. The van der Waals surface area contributed by atoms with Crippen LogP contribution in [0.25, 0.3) is 0 Å². The van der Waals surface area contributed by atoms with Crippen LogP contribution >= 0.6 is 11.3 Å². The largest absolute Gasteiger partial charge is 0.376 e. The van der Waals surface area contributed by atoms with Gasteiger partial charge >= 0.3 is 0 Å². The molecule has 19 heavy (non-hydrogen) atoms. The molecular weight excluding hydrogens is 256 g/mol. The van der Waals surface area contributed by atoms with Gasteiger partial charge in [0.2, 0.25) is 0 Å². The van der Waals surface area contributed by atoms with Crippen LogP contribution in [-0.2, 0) is 11.3 Å². The summed E-state index contributed by atoms with van der Waals surface area (Å²) >= 11 is 1.80. The van der Waals surface area contributed by atoms with Crippen molar-refractivity contribution in [2.75, 3.05) is 40.3 Å². The lowest BCUT2D eigenvalue weighted by Gasteiger charge is -2.36. The van der Waals surface area contributed by atoms with Gasteiger partial charge in [-0.25, -0.2) is 0 Å². The van der Waals surface area contributed by atoms with E-state index in [1.54, 1.807) is 11.3 Å². The molecule has 2 fully saturated rings. The topological polar surface area (TPSA) is 15.7 Å². The smallest absolute Gasteiger partial charge is 0.0734 e. The molecule has 0 N–H and O–H groups in total. The summed E-state index contributed by atoms with van der Waals surface area (Å²) in [6, 6.07) is 2.25. The first-order chi connectivity index (χ1) is 9.22. The molecule has 0 aromatic carbocycles. The van der Waals surface area contributed by atoms with E-state index in [-0.39, 0.29) is 0 Å². The van der Waals surface area contributed by atoms with Crippen LogP contribution in [0.15, 0.2) is 16.8 Å². The predicted octanol–water partition coefficient (Wildman–Crippen LogP) is 2.15. The molecule has 0 spiro atoms. The van der Waals surface area contributed by atoms with Crippen LogP contribution in [0, 0.1) is 11.8 Å². The minimum atomic E-state index is 0.461. The summed E-state index contributed by atoms with van der Waals surface area (Å²) in [5.74, 6) is 1.53. The Morgan fingerprint density at radius 3 is 3.11 bits per heavy atom. The summed E-state index contributed by atoms with van der Waals surface area (Å²) < 4.78 is 6.03. The summed E-state index contributed by atoms with van der Waals surface area (Å²) in [6.45, 7) is 5.59. The van der Waals surface area contributed by atoms with E-state index in [0.29, 0.717) is 6.10 Å². The summed E-state index contributed by atoms with van der Waals surface area (Å²) in [5.41, 5.74) is 1.47. The summed E-state index contributed by atoms with van der Waals surface area (Å²) in [4.78, 5) is 4.86. The average molecular weight is 280 g/mol. The van der Waals surface area contributed by atoms with Crippen molar-refractivity contribution in [1.29, 1.82) is 0 Å². The minimum absolute atomic E-state index is 0.461. The molecule has 0 aliphatic carbocycles. The first kappa shape index (κ1) is 13.6. The highest BCUT2D eigenvalue weighted by atomic mass is 32.1. The monoisotopic (exact) mass is 280 g/mol. The van der Waals surface area contributed by atoms with Crippen LogP contribution in [0.3, 0.4) is 0 Å². The van der Waals surface area contributed by atoms with Crippen molar-refractivity contribution in [1.82, 2.24) is 9.80 Å². The van der Waals surface area contributed by atoms with E-state index in [2.05, 4.69) is 40.7 Å². The first-order valence-corrected chi connectivity index (χ1v) is 8.16. The van der Waals surface area contributed by atoms with Crippen LogP contribution in [0.4, 0.5) is 0 Å². The lowest BCUT2D eigenvalue weighted by Crippen LogP contribution is -2.42. The number of hydrogen-bond acceptors (Lipinski definition) is 4. The second-order valence-electron chi connectivity index (χ2n) is 6.21. The standard InChI is InChI=1S/C15H24N2OS/c1-16(2)9-15-14-3-5-17(8-13(14)10-18-15)7-12-4-6-19-11-12/h4,6,11,13-15H,3,5,7-10H2,1-2H3/t13-,14-,15+/m1/s1. The summed E-state index contributed by atoms with van der Waals surface area (Å²) in [6.07, 6.45) is 1.76. The third-order valence-corrected chi connectivity index (χ3v) is 5.14. The van der Waals surface area contributed by atoms with E-state index >= 15 is 0 Å². The van der Waals surface area contributed by atoms with Crippen molar-refractivity contribution in [2.24, 2.45) is 11.8 Å². The number of fused-ring (bicyclic) bond motifs is 1. The highest BCUT2D eigenvalue weighted by molar-refractivity contribution is 7.07. The predicted molar refractivity (Wildman–Crippen MR) is 79.5 cm³/mol. The number of hydrogen-bond donors (Lipinski definition) is 0. The Morgan fingerprint density at radius 2 is 2.37 bits per heavy atom. The maximum atomic E-state index is 6.03. The third kappa shape index (κ3) is 3.19. The molecule has 0 amide bonds. The minimum Gasteiger partial charge on any atom is -0.376 e. The second-order valence-corrected chi connectivity index (χ2v) is 6.99. The van der Waals surface area contributed by atoms with Gasteiger partial charge in [-0.2, -0.15) is 11.3 Å². The Labute approximate surface area is 120 Å². The first-order valence-electron chi connectivity index (χ1n) is 7.22. The Kier molecular flexibility index (Phi) is 4.22. The zero-order chi connectivity index (χ0) is 13.2. The van der Waals surface area contributed by atoms with E-state index in [9.17, 15) is 0 Å². The van der Waals surface area contributed by atoms with Gasteiger partial charge in [-0.1, -0.05) is 0 Å². The van der Waals surface area contributed by atoms with E-state index in [1.807, 2.05) is 0 Å². The molecule has 3 nitrogen and oxygen atoms in total. The number of likely N-dealkylation sites (N-methyl/N-ethyl adjacent to an activating group) is 1. The van der Waals surface area contributed by atoms with E-state index < -0.39 is 0 Å². The fourth-order valence-corrected chi connectivity index (χ4v) is 4.15. The van der Waals surface area contributed by atoms with Crippen LogP contribution in [-0.4, -0.2) is 56.2 Å². The fourth-order valence-electron chi connectivity index (χ4n) is 3.49. The number of thiophene rings is 1. The molecule has 1 aromatic rings. The molecule has 2 saturated heterocycles. The SMILES string of the molecule is CN(C)C[C@@H]1OC[C@H]2CN(Cc3ccsc3)CC[C@H]21. The number of likely N-dealkylation sites (tertiary alicyclic amines) is 1. The second kappa shape index (κ2) is 5.92. The van der Waals surface area contributed by atoms with Gasteiger partial charge in [-0.15, -0.1) is 0 Å². The van der Waals surface area contributed by atoms with E-state index in [1.165, 1.54) is 25.1 Å². The van der Waals surface area contributed by atoms with Crippen molar-refractivity contribution in [3.8, 4) is 0 Å². The molecule has 1 aromatic heterocycles. The van der Waals surface area contributed by atoms with Gasteiger partial charge in [0.1, 0.15) is 0 Å². The Bertz CT molecular complexity index is 393. The molecule has 0 unspecified atom stereocenters. The van der Waals surface area contributed by atoms with Crippen molar-refractivity contribution in [2.45, 2.75) is 19.1 Å². The molecule has 2 aliphatic heterocycles. The van der Waals surface area contributed by atoms with Crippen LogP contribution in [0.1, 0.15) is 12.0 Å². The van der Waals surface area contributed by atoms with Crippen LogP contribution < -0.4 is 0 Å². The van der Waals surface area contributed by atoms with Gasteiger partial charge in [0, 0.05) is 25.6 Å². The third-order valence-electron chi connectivity index (χ3n) is 4.41. The van der Waals surface area contributed by atoms with Gasteiger partial charge in [-0.05, 0) is 55.4 Å². The van der Waals surface area contributed by atoms with Gasteiger partial charge in [0.15, 0.2) is 0 Å². The molecule has 0 saturated carbocycles. The highest BCUT2D eigenvalue weighted by Crippen LogP contribution is 2.35. The zero-order valence-corrected chi connectivity index (χ0v) is 12.7. The van der Waals surface area contributed by atoms with Crippen molar-refractivity contribution < 1.29 is 4.74 Å². The summed E-state index contributed by atoms with van der Waals surface area (Å²) in [7, 11) is 4.28. The lowest BCUT2D eigenvalue weighted by molar-refractivity contribution is 0.0626. The quantitative estimate of drug-likeness (QED) is 0.840. The molecule has 2 aliphatic rings. The van der Waals surface area contributed by atoms with Crippen molar-refractivity contribution in [3.05, 3.63) is 22.4 Å². The Hall–Kier alpha value is -0.420. The van der Waals surface area contributed by atoms with Crippen LogP contribution in [0.2, 0.25) is 0 Å². The highest BCUT2D eigenvalue weighted by Gasteiger charge is 2.40. The molecule has 3 atom stereocenters. The molecule has 0 radical (unpaired) electrons. The maximum Gasteiger partial charge on any atom is 0.0734 e. The Morgan fingerprint density at radius 1 is 1.47 bits per heavy atom.